The van der Waals surface area contributed by atoms with Gasteiger partial charge >= 0.3 is 0 Å². The van der Waals surface area contributed by atoms with E-state index in [1.54, 1.807) is 32.2 Å². The monoisotopic (exact) mass is 424 g/mol. The van der Waals surface area contributed by atoms with Crippen molar-refractivity contribution in [2.75, 3.05) is 11.6 Å². The molecule has 0 radical (unpaired) electrons. The molecular weight excluding hydrogens is 408 g/mol. The summed E-state index contributed by atoms with van der Waals surface area (Å²) in [5, 5.41) is 7.78. The van der Waals surface area contributed by atoms with Crippen LogP contribution in [0.4, 0.5) is 5.69 Å². The molecule has 1 amide bonds. The first-order chi connectivity index (χ1) is 12.7. The quantitative estimate of drug-likeness (QED) is 0.644. The van der Waals surface area contributed by atoms with Crippen LogP contribution in [-0.2, 0) is 14.6 Å². The Hall–Kier alpha value is -2.10. The highest BCUT2D eigenvalue weighted by Crippen LogP contribution is 2.34. The molecule has 10 heteroatoms. The summed E-state index contributed by atoms with van der Waals surface area (Å²) in [6, 6.07) is 6.08. The number of hydrogen-bond donors (Lipinski definition) is 1. The fourth-order valence-electron chi connectivity index (χ4n) is 2.77. The molecule has 0 saturated heterocycles. The normalized spacial score (nSPS) is 11.7. The number of sulfone groups is 1. The number of aryl methyl sites for hydroxylation is 2. The second kappa shape index (κ2) is 7.14. The van der Waals surface area contributed by atoms with Crippen LogP contribution in [-0.4, -0.2) is 35.2 Å². The Morgan fingerprint density at radius 2 is 2.00 bits per heavy atom. The second-order valence-corrected chi connectivity index (χ2v) is 8.99. The van der Waals surface area contributed by atoms with Crippen LogP contribution in [0.2, 0.25) is 5.02 Å². The molecule has 142 valence electrons. The molecular formula is C17H17ClN4O3S2. The van der Waals surface area contributed by atoms with Crippen molar-refractivity contribution in [1.29, 1.82) is 0 Å². The summed E-state index contributed by atoms with van der Waals surface area (Å²) in [7, 11) is -3.90. The maximum Gasteiger partial charge on any atom is 0.221 e. The van der Waals surface area contributed by atoms with Gasteiger partial charge in [-0.25, -0.2) is 17.9 Å². The van der Waals surface area contributed by atoms with Crippen molar-refractivity contribution in [3.05, 3.63) is 40.7 Å². The molecule has 3 rings (SSSR count). The molecule has 3 aromatic rings. The molecule has 0 unspecified atom stereocenters. The van der Waals surface area contributed by atoms with Gasteiger partial charge in [0.1, 0.15) is 5.03 Å². The van der Waals surface area contributed by atoms with Gasteiger partial charge in [-0.3, -0.25) is 4.79 Å². The van der Waals surface area contributed by atoms with Crippen LogP contribution in [0.3, 0.4) is 0 Å². The molecule has 0 aliphatic rings. The van der Waals surface area contributed by atoms with Gasteiger partial charge in [-0.2, -0.15) is 5.10 Å². The minimum absolute atomic E-state index is 0.0258. The van der Waals surface area contributed by atoms with Gasteiger partial charge in [0.15, 0.2) is 10.5 Å². The SMILES string of the molecule is CSc1nn2c(C)c(NC(C)=O)c(C)nc2c1S(=O)(=O)c1cccc(Cl)c1. The predicted molar refractivity (Wildman–Crippen MR) is 105 cm³/mol. The second-order valence-electron chi connectivity index (χ2n) is 5.87. The van der Waals surface area contributed by atoms with Gasteiger partial charge in [-0.15, -0.1) is 11.8 Å². The molecule has 1 N–H and O–H groups in total. The average molecular weight is 425 g/mol. The van der Waals surface area contributed by atoms with Crippen molar-refractivity contribution in [2.24, 2.45) is 0 Å². The fraction of sp³-hybridized carbons (Fsp3) is 0.235. The van der Waals surface area contributed by atoms with Crippen LogP contribution in [0.15, 0.2) is 39.1 Å². The van der Waals surface area contributed by atoms with Crippen molar-refractivity contribution < 1.29 is 13.2 Å². The maximum absolute atomic E-state index is 13.3. The number of benzene rings is 1. The largest absolute Gasteiger partial charge is 0.323 e. The predicted octanol–water partition coefficient (Wildman–Crippen LogP) is 3.51. The lowest BCUT2D eigenvalue weighted by Crippen LogP contribution is -2.13. The number of aromatic nitrogens is 3. The van der Waals surface area contributed by atoms with E-state index >= 15 is 0 Å². The van der Waals surface area contributed by atoms with Gasteiger partial charge in [-0.1, -0.05) is 17.7 Å². The Kier molecular flexibility index (Phi) is 5.20. The van der Waals surface area contributed by atoms with Gasteiger partial charge in [-0.05, 0) is 38.3 Å². The average Bonchev–Trinajstić information content (AvgIpc) is 2.97. The highest BCUT2D eigenvalue weighted by Gasteiger charge is 2.30. The summed E-state index contributed by atoms with van der Waals surface area (Å²) < 4.78 is 28.0. The van der Waals surface area contributed by atoms with Crippen LogP contribution in [0, 0.1) is 13.8 Å². The minimum atomic E-state index is -3.90. The number of fused-ring (bicyclic) bond motifs is 1. The number of thioether (sulfide) groups is 1. The Balaban J connectivity index is 2.35. The molecule has 2 aromatic heterocycles. The van der Waals surface area contributed by atoms with Crippen LogP contribution in [0.25, 0.3) is 5.65 Å². The first-order valence-corrected chi connectivity index (χ1v) is 11.0. The van der Waals surface area contributed by atoms with Crippen LogP contribution in [0.5, 0.6) is 0 Å². The number of hydrogen-bond acceptors (Lipinski definition) is 6. The lowest BCUT2D eigenvalue weighted by Gasteiger charge is -2.11. The number of nitrogens with one attached hydrogen (secondary N) is 1. The van der Waals surface area contributed by atoms with Gasteiger partial charge in [0, 0.05) is 11.9 Å². The van der Waals surface area contributed by atoms with Gasteiger partial charge in [0.25, 0.3) is 0 Å². The van der Waals surface area contributed by atoms with Crippen molar-refractivity contribution in [2.45, 2.75) is 35.6 Å². The number of carbonyl (C=O) groups excluding carboxylic acids is 1. The first kappa shape index (κ1) is 19.7. The molecule has 0 atom stereocenters. The molecule has 0 spiro atoms. The third-order valence-electron chi connectivity index (χ3n) is 3.97. The van der Waals surface area contributed by atoms with Crippen molar-refractivity contribution in [3.63, 3.8) is 0 Å². The van der Waals surface area contributed by atoms with Crippen LogP contribution in [0.1, 0.15) is 18.3 Å². The van der Waals surface area contributed by atoms with Gasteiger partial charge in [0.05, 0.1) is 22.0 Å². The van der Waals surface area contributed by atoms with E-state index in [1.807, 2.05) is 0 Å². The Labute approximate surface area is 166 Å². The first-order valence-electron chi connectivity index (χ1n) is 7.89. The molecule has 2 heterocycles. The summed E-state index contributed by atoms with van der Waals surface area (Å²) in [4.78, 5) is 16.0. The highest BCUT2D eigenvalue weighted by molar-refractivity contribution is 7.99. The zero-order valence-corrected chi connectivity index (χ0v) is 17.5. The zero-order chi connectivity index (χ0) is 19.9. The fourth-order valence-corrected chi connectivity index (χ4v) is 5.46. The number of nitrogens with zero attached hydrogens (tertiary/aromatic N) is 3. The number of halogens is 1. The van der Waals surface area contributed by atoms with E-state index < -0.39 is 9.84 Å². The summed E-state index contributed by atoms with van der Waals surface area (Å²) in [6.45, 7) is 4.86. The summed E-state index contributed by atoms with van der Waals surface area (Å²) >= 11 is 7.19. The molecule has 0 saturated carbocycles. The van der Waals surface area contributed by atoms with E-state index in [1.165, 1.54) is 35.3 Å². The van der Waals surface area contributed by atoms with E-state index in [0.29, 0.717) is 27.1 Å². The number of rotatable bonds is 4. The smallest absolute Gasteiger partial charge is 0.221 e. The van der Waals surface area contributed by atoms with Crippen molar-refractivity contribution in [1.82, 2.24) is 14.6 Å². The van der Waals surface area contributed by atoms with E-state index in [9.17, 15) is 13.2 Å². The van der Waals surface area contributed by atoms with Crippen LogP contribution >= 0.6 is 23.4 Å². The van der Waals surface area contributed by atoms with Gasteiger partial charge < -0.3 is 5.32 Å². The molecule has 1 aromatic carbocycles. The van der Waals surface area contributed by atoms with Crippen molar-refractivity contribution >= 4 is 50.4 Å². The standard InChI is InChI=1S/C17H17ClN4O3S2/c1-9-14(20-11(3)23)10(2)22-16(19-9)15(17(21-22)26-4)27(24,25)13-7-5-6-12(18)8-13/h5-8H,1-4H3,(H,20,23). The zero-order valence-electron chi connectivity index (χ0n) is 15.1. The maximum atomic E-state index is 13.3. The Bertz CT molecular complexity index is 1170. The number of amides is 1. The summed E-state index contributed by atoms with van der Waals surface area (Å²) in [6.07, 6.45) is 1.75. The lowest BCUT2D eigenvalue weighted by molar-refractivity contribution is -0.114. The summed E-state index contributed by atoms with van der Waals surface area (Å²) in [5.74, 6) is -0.244. The lowest BCUT2D eigenvalue weighted by atomic mass is 10.2. The van der Waals surface area contributed by atoms with Crippen LogP contribution < -0.4 is 5.32 Å². The van der Waals surface area contributed by atoms with E-state index in [4.69, 9.17) is 11.6 Å². The third-order valence-corrected chi connectivity index (χ3v) is 6.80. The molecule has 7 nitrogen and oxygen atoms in total. The highest BCUT2D eigenvalue weighted by atomic mass is 35.5. The molecule has 0 aliphatic carbocycles. The summed E-state index contributed by atoms with van der Waals surface area (Å²) in [5.41, 5.74) is 1.82. The minimum Gasteiger partial charge on any atom is -0.323 e. The Morgan fingerprint density at radius 1 is 1.30 bits per heavy atom. The van der Waals surface area contributed by atoms with Crippen molar-refractivity contribution in [3.8, 4) is 0 Å². The Morgan fingerprint density at radius 3 is 2.59 bits per heavy atom. The van der Waals surface area contributed by atoms with E-state index in [-0.39, 0.29) is 21.3 Å². The molecule has 0 fully saturated rings. The molecule has 0 aliphatic heterocycles. The molecule has 27 heavy (non-hydrogen) atoms. The van der Waals surface area contributed by atoms with E-state index in [2.05, 4.69) is 15.4 Å². The third kappa shape index (κ3) is 3.42. The number of anilines is 1. The number of carbonyl (C=O) groups is 1. The van der Waals surface area contributed by atoms with E-state index in [0.717, 1.165) is 0 Å². The molecule has 0 bridgehead atoms. The topological polar surface area (TPSA) is 93.4 Å². The van der Waals surface area contributed by atoms with Gasteiger partial charge in [0.2, 0.25) is 15.7 Å².